The van der Waals surface area contributed by atoms with Crippen LogP contribution in [0.1, 0.15) is 56.6 Å². The van der Waals surface area contributed by atoms with E-state index in [4.69, 9.17) is 5.11 Å². The number of nitrogens with one attached hydrogen (secondary N) is 1. The Kier molecular flexibility index (Phi) is 4.54. The lowest BCUT2D eigenvalue weighted by Crippen LogP contribution is -2.48. The predicted octanol–water partition coefficient (Wildman–Crippen LogP) is 3.37. The van der Waals surface area contributed by atoms with E-state index in [1.165, 1.54) is 50.2 Å². The number of amides is 2. The zero-order chi connectivity index (χ0) is 20.2. The van der Waals surface area contributed by atoms with Crippen LogP contribution in [-0.4, -0.2) is 35.0 Å². The number of hydrogen-bond donors (Lipinski definition) is 2. The van der Waals surface area contributed by atoms with Crippen LogP contribution in [0.3, 0.4) is 0 Å². The number of carbonyl (C=O) groups excluding carboxylic acids is 2. The summed E-state index contributed by atoms with van der Waals surface area (Å²) in [7, 11) is 0. The maximum Gasteiger partial charge on any atom is 0.277 e. The van der Waals surface area contributed by atoms with E-state index in [0.29, 0.717) is 11.1 Å². The number of aliphatic hydroxyl groups is 1. The van der Waals surface area contributed by atoms with Gasteiger partial charge in [0.1, 0.15) is 5.70 Å². The Bertz CT molecular complexity index is 853. The molecule has 29 heavy (non-hydrogen) atoms. The van der Waals surface area contributed by atoms with E-state index in [0.717, 1.165) is 40.3 Å². The first kappa shape index (κ1) is 18.9. The minimum absolute atomic E-state index is 0.0350. The summed E-state index contributed by atoms with van der Waals surface area (Å²) in [5.74, 6) is 1.93. The summed E-state index contributed by atoms with van der Waals surface area (Å²) in [4.78, 5) is 25.8. The number of nitrogens with zero attached hydrogens (tertiary/aromatic N) is 1. The first-order valence-electron chi connectivity index (χ1n) is 11.1. The number of aryl methyl sites for hydroxylation is 1. The van der Waals surface area contributed by atoms with Crippen LogP contribution in [0, 0.1) is 17.8 Å². The molecule has 4 bridgehead atoms. The lowest BCUT2D eigenvalue weighted by molar-refractivity contribution is -0.137. The van der Waals surface area contributed by atoms with Crippen LogP contribution < -0.4 is 5.32 Å². The maximum absolute atomic E-state index is 12.6. The highest BCUT2D eigenvalue weighted by Crippen LogP contribution is 2.60. The number of anilines is 1. The summed E-state index contributed by atoms with van der Waals surface area (Å²) in [5, 5.41) is 12.4. The number of β-amino-alcohol motifs (C(OH)–C–C–N with tert-alkyl or cyclic N) is 1. The van der Waals surface area contributed by atoms with Gasteiger partial charge in [0.15, 0.2) is 0 Å². The zero-order valence-corrected chi connectivity index (χ0v) is 17.1. The number of carbonyl (C=O) groups is 2. The van der Waals surface area contributed by atoms with Gasteiger partial charge in [-0.15, -0.1) is 0 Å². The summed E-state index contributed by atoms with van der Waals surface area (Å²) in [6.45, 7) is 1.92. The third-order valence-electron chi connectivity index (χ3n) is 7.74. The molecule has 4 fully saturated rings. The van der Waals surface area contributed by atoms with Crippen LogP contribution in [-0.2, 0) is 21.4 Å². The van der Waals surface area contributed by atoms with Crippen molar-refractivity contribution in [2.24, 2.45) is 17.8 Å². The minimum Gasteiger partial charge on any atom is -0.395 e. The highest BCUT2D eigenvalue weighted by molar-refractivity contribution is 6.17. The van der Waals surface area contributed by atoms with Gasteiger partial charge in [-0.05, 0) is 85.3 Å². The molecule has 6 rings (SSSR count). The molecular weight excluding hydrogens is 364 g/mol. The van der Waals surface area contributed by atoms with E-state index in [-0.39, 0.29) is 25.0 Å². The zero-order valence-electron chi connectivity index (χ0n) is 17.1. The van der Waals surface area contributed by atoms with Crippen molar-refractivity contribution >= 4 is 17.5 Å². The van der Waals surface area contributed by atoms with E-state index < -0.39 is 0 Å². The van der Waals surface area contributed by atoms with Gasteiger partial charge in [0.2, 0.25) is 0 Å². The van der Waals surface area contributed by atoms with Crippen molar-refractivity contribution < 1.29 is 14.7 Å². The van der Waals surface area contributed by atoms with Gasteiger partial charge in [0, 0.05) is 11.8 Å². The molecule has 0 saturated heterocycles. The highest BCUT2D eigenvalue weighted by Gasteiger charge is 2.51. The third kappa shape index (κ3) is 3.10. The van der Waals surface area contributed by atoms with Gasteiger partial charge in [-0.2, -0.15) is 0 Å². The molecule has 154 valence electrons. The largest absolute Gasteiger partial charge is 0.395 e. The lowest BCUT2D eigenvalue weighted by atomic mass is 9.48. The molecule has 1 heterocycles. The quantitative estimate of drug-likeness (QED) is 0.726. The van der Waals surface area contributed by atoms with E-state index >= 15 is 0 Å². The van der Waals surface area contributed by atoms with E-state index in [1.807, 2.05) is 0 Å². The van der Waals surface area contributed by atoms with E-state index in [2.05, 4.69) is 30.4 Å². The lowest BCUT2D eigenvalue weighted by Gasteiger charge is -2.57. The topological polar surface area (TPSA) is 69.6 Å². The van der Waals surface area contributed by atoms with Crippen LogP contribution in [0.5, 0.6) is 0 Å². The SMILES string of the molecule is CCc1ccc(C23CC4CC(CC(C4)C2)C3)cc1NC1=CC(=O)N(CCO)C1=O. The minimum atomic E-state index is -0.359. The summed E-state index contributed by atoms with van der Waals surface area (Å²) >= 11 is 0. The molecular formula is C24H30N2O3. The molecule has 5 aliphatic rings. The number of hydrogen-bond acceptors (Lipinski definition) is 4. The third-order valence-corrected chi connectivity index (χ3v) is 7.74. The fraction of sp³-hybridized carbons (Fsp3) is 0.583. The number of benzene rings is 1. The van der Waals surface area contributed by atoms with E-state index in [1.54, 1.807) is 0 Å². The Hall–Kier alpha value is -2.14. The Morgan fingerprint density at radius 1 is 1.10 bits per heavy atom. The molecule has 0 aromatic heterocycles. The molecule has 5 nitrogen and oxygen atoms in total. The van der Waals surface area contributed by atoms with Crippen LogP contribution in [0.25, 0.3) is 0 Å². The predicted molar refractivity (Wildman–Crippen MR) is 111 cm³/mol. The van der Waals surface area contributed by atoms with Gasteiger partial charge in [-0.3, -0.25) is 14.5 Å². The monoisotopic (exact) mass is 394 g/mol. The van der Waals surface area contributed by atoms with E-state index in [9.17, 15) is 9.59 Å². The van der Waals surface area contributed by atoms with Gasteiger partial charge in [0.25, 0.3) is 11.8 Å². The molecule has 4 aliphatic carbocycles. The van der Waals surface area contributed by atoms with Crippen LogP contribution in [0.15, 0.2) is 30.0 Å². The van der Waals surface area contributed by atoms with Crippen LogP contribution >= 0.6 is 0 Å². The molecule has 1 aliphatic heterocycles. The maximum atomic E-state index is 12.6. The molecule has 5 heteroatoms. The molecule has 0 unspecified atom stereocenters. The molecule has 0 atom stereocenters. The molecule has 0 spiro atoms. The number of aliphatic hydroxyl groups excluding tert-OH is 1. The number of rotatable bonds is 6. The van der Waals surface area contributed by atoms with Gasteiger partial charge < -0.3 is 10.4 Å². The molecule has 2 N–H and O–H groups in total. The molecule has 2 amide bonds. The Morgan fingerprint density at radius 2 is 1.76 bits per heavy atom. The van der Waals surface area contributed by atoms with Crippen molar-refractivity contribution in [1.29, 1.82) is 0 Å². The number of imide groups is 1. The summed E-state index contributed by atoms with van der Waals surface area (Å²) in [5.41, 5.74) is 4.10. The molecule has 1 aromatic carbocycles. The summed E-state index contributed by atoms with van der Waals surface area (Å²) < 4.78 is 0. The van der Waals surface area contributed by atoms with Crippen LogP contribution in [0.4, 0.5) is 5.69 Å². The Balaban J connectivity index is 1.45. The standard InChI is InChI=1S/C24H30N2O3/c1-2-18-3-4-19(24-12-15-7-16(13-24)9-17(8-15)14-24)10-20(18)25-21-11-22(28)26(5-6-27)23(21)29/h3-4,10-11,15-17,25,27H,2,5-9,12-14H2,1H3. The first-order valence-corrected chi connectivity index (χ1v) is 11.1. The second-order valence-corrected chi connectivity index (χ2v) is 9.63. The van der Waals surface area contributed by atoms with Crippen molar-refractivity contribution in [3.63, 3.8) is 0 Å². The molecule has 1 aromatic rings. The summed E-state index contributed by atoms with van der Waals surface area (Å²) in [6.07, 6.45) is 10.4. The van der Waals surface area contributed by atoms with Crippen molar-refractivity contribution in [1.82, 2.24) is 4.90 Å². The second-order valence-electron chi connectivity index (χ2n) is 9.63. The smallest absolute Gasteiger partial charge is 0.277 e. The van der Waals surface area contributed by atoms with Gasteiger partial charge in [-0.1, -0.05) is 19.1 Å². The normalized spacial score (nSPS) is 32.8. The molecule has 4 saturated carbocycles. The summed E-state index contributed by atoms with van der Waals surface area (Å²) in [6, 6.07) is 6.76. The van der Waals surface area contributed by atoms with Crippen molar-refractivity contribution in [2.75, 3.05) is 18.5 Å². The highest BCUT2D eigenvalue weighted by atomic mass is 16.3. The van der Waals surface area contributed by atoms with Crippen molar-refractivity contribution in [3.05, 3.63) is 41.1 Å². The fourth-order valence-electron chi connectivity index (χ4n) is 6.85. The first-order chi connectivity index (χ1) is 14.0. The Morgan fingerprint density at radius 3 is 2.34 bits per heavy atom. The average molecular weight is 395 g/mol. The van der Waals surface area contributed by atoms with Crippen molar-refractivity contribution in [3.8, 4) is 0 Å². The van der Waals surface area contributed by atoms with Gasteiger partial charge in [-0.25, -0.2) is 0 Å². The molecule has 0 radical (unpaired) electrons. The average Bonchev–Trinajstić information content (AvgIpc) is 2.95. The fourth-order valence-corrected chi connectivity index (χ4v) is 6.85. The van der Waals surface area contributed by atoms with Gasteiger partial charge >= 0.3 is 0 Å². The second kappa shape index (κ2) is 6.98. The van der Waals surface area contributed by atoms with Crippen LogP contribution in [0.2, 0.25) is 0 Å². The Labute approximate surface area is 172 Å². The van der Waals surface area contributed by atoms with Crippen molar-refractivity contribution in [2.45, 2.75) is 57.3 Å². The van der Waals surface area contributed by atoms with Gasteiger partial charge in [0.05, 0.1) is 13.2 Å².